The van der Waals surface area contributed by atoms with Crippen LogP contribution >= 0.6 is 0 Å². The Balaban J connectivity index is 1.70. The van der Waals surface area contributed by atoms with E-state index in [0.29, 0.717) is 11.2 Å². The van der Waals surface area contributed by atoms with Gasteiger partial charge in [-0.1, -0.05) is 30.3 Å². The van der Waals surface area contributed by atoms with Gasteiger partial charge in [-0.2, -0.15) is 13.2 Å². The summed E-state index contributed by atoms with van der Waals surface area (Å²) in [4.78, 5) is 8.02. The molecule has 3 heterocycles. The number of ether oxygens (including phenoxy) is 2. The van der Waals surface area contributed by atoms with Crippen molar-refractivity contribution in [3.05, 3.63) is 66.0 Å². The minimum Gasteiger partial charge on any atom is -0.468 e. The highest BCUT2D eigenvalue weighted by molar-refractivity contribution is 5.78. The fraction of sp³-hybridized carbons (Fsp3) is 0.333. The molecule has 1 aliphatic heterocycles. The Labute approximate surface area is 169 Å². The van der Waals surface area contributed by atoms with Crippen molar-refractivity contribution in [1.29, 1.82) is 0 Å². The first-order chi connectivity index (χ1) is 14.2. The van der Waals surface area contributed by atoms with E-state index in [1.54, 1.807) is 19.1 Å². The van der Waals surface area contributed by atoms with E-state index in [2.05, 4.69) is 9.97 Å². The zero-order chi connectivity index (χ0) is 21.5. The number of hydrogen-bond acceptors (Lipinski definition) is 6. The molecule has 0 saturated carbocycles. The molecular weight excluding hydrogens is 401 g/mol. The van der Waals surface area contributed by atoms with E-state index >= 15 is 0 Å². The van der Waals surface area contributed by atoms with Gasteiger partial charge in [-0.15, -0.1) is 0 Å². The first-order valence-electron chi connectivity index (χ1n) is 9.32. The lowest BCUT2D eigenvalue weighted by atomic mass is 9.93. The Morgan fingerprint density at radius 1 is 0.933 bits per heavy atom. The summed E-state index contributed by atoms with van der Waals surface area (Å²) >= 11 is 0. The van der Waals surface area contributed by atoms with Crippen LogP contribution in [0.1, 0.15) is 24.4 Å². The molecule has 1 fully saturated rings. The van der Waals surface area contributed by atoms with E-state index in [1.807, 2.05) is 24.3 Å². The van der Waals surface area contributed by atoms with E-state index < -0.39 is 42.4 Å². The molecule has 0 spiro atoms. The fourth-order valence-electron chi connectivity index (χ4n) is 3.43. The van der Waals surface area contributed by atoms with E-state index in [0.717, 1.165) is 17.5 Å². The number of halogens is 3. The Hall–Kier alpha value is -2.75. The Bertz CT molecular complexity index is 1050. The number of fused-ring (bicyclic) bond motifs is 1. The number of aromatic nitrogens is 2. The molecule has 0 bridgehead atoms. The summed E-state index contributed by atoms with van der Waals surface area (Å²) < 4.78 is 50.4. The van der Waals surface area contributed by atoms with Crippen LogP contribution in [0.2, 0.25) is 0 Å². The summed E-state index contributed by atoms with van der Waals surface area (Å²) in [5, 5.41) is 21.7. The number of nitrogens with zero attached hydrogens (tertiary/aromatic N) is 2. The molecule has 5 atom stereocenters. The van der Waals surface area contributed by atoms with E-state index in [4.69, 9.17) is 9.47 Å². The molecule has 0 amide bonds. The molecule has 30 heavy (non-hydrogen) atoms. The van der Waals surface area contributed by atoms with Crippen LogP contribution in [-0.2, 0) is 10.9 Å². The van der Waals surface area contributed by atoms with E-state index in [1.165, 1.54) is 6.07 Å². The molecule has 1 saturated heterocycles. The summed E-state index contributed by atoms with van der Waals surface area (Å²) in [6.07, 6.45) is -10.3. The number of aliphatic hydroxyl groups excluding tert-OH is 2. The van der Waals surface area contributed by atoms with Gasteiger partial charge in [0.15, 0.2) is 6.10 Å². The maximum Gasteiger partial charge on any atom is 0.433 e. The van der Waals surface area contributed by atoms with Crippen LogP contribution in [0.5, 0.6) is 5.88 Å². The molecule has 1 aliphatic rings. The molecule has 0 unspecified atom stereocenters. The van der Waals surface area contributed by atoms with Gasteiger partial charge < -0.3 is 19.7 Å². The molecule has 0 aliphatic carbocycles. The molecule has 1 aromatic carbocycles. The van der Waals surface area contributed by atoms with Gasteiger partial charge >= 0.3 is 6.18 Å². The standard InChI is InChI=1S/C21H19F3N2O4/c1-11-17(27)18(28)20(30-16-8-4-7-15(26-16)21(22,23)24)19(29-11)14-10-9-12-5-2-3-6-13(12)25-14/h2-11,17-20,27-28H,1H3/t11-,17+,18+,19+,20-/m1/s1. The van der Waals surface area contributed by atoms with Crippen LogP contribution in [0.25, 0.3) is 10.9 Å². The van der Waals surface area contributed by atoms with Crippen LogP contribution in [-0.4, -0.2) is 44.6 Å². The van der Waals surface area contributed by atoms with Crippen molar-refractivity contribution in [2.75, 3.05) is 0 Å². The summed E-state index contributed by atoms with van der Waals surface area (Å²) in [5.74, 6) is -0.343. The minimum atomic E-state index is -4.64. The van der Waals surface area contributed by atoms with Gasteiger partial charge in [0.05, 0.1) is 17.3 Å². The van der Waals surface area contributed by atoms with Crippen molar-refractivity contribution in [1.82, 2.24) is 9.97 Å². The molecule has 9 heteroatoms. The monoisotopic (exact) mass is 420 g/mol. The lowest BCUT2D eigenvalue weighted by Crippen LogP contribution is -2.55. The maximum atomic E-state index is 13.0. The summed E-state index contributed by atoms with van der Waals surface area (Å²) in [7, 11) is 0. The Morgan fingerprint density at radius 3 is 2.47 bits per heavy atom. The lowest BCUT2D eigenvalue weighted by Gasteiger charge is -2.41. The molecular formula is C21H19F3N2O4. The van der Waals surface area contributed by atoms with Crippen LogP contribution in [0.3, 0.4) is 0 Å². The second kappa shape index (κ2) is 7.82. The fourth-order valence-corrected chi connectivity index (χ4v) is 3.43. The topological polar surface area (TPSA) is 84.7 Å². The molecule has 0 radical (unpaired) electrons. The first-order valence-corrected chi connectivity index (χ1v) is 9.32. The molecule has 158 valence electrons. The number of pyridine rings is 2. The largest absolute Gasteiger partial charge is 0.468 e. The predicted octanol–water partition coefficient (Wildman–Crippen LogP) is 3.28. The molecule has 4 rings (SSSR count). The first kappa shape index (κ1) is 20.5. The average molecular weight is 420 g/mol. The zero-order valence-corrected chi connectivity index (χ0v) is 15.8. The van der Waals surface area contributed by atoms with Gasteiger partial charge in [0.2, 0.25) is 5.88 Å². The van der Waals surface area contributed by atoms with Crippen molar-refractivity contribution < 1.29 is 32.9 Å². The smallest absolute Gasteiger partial charge is 0.433 e. The number of aliphatic hydroxyl groups is 2. The number of rotatable bonds is 3. The molecule has 6 nitrogen and oxygen atoms in total. The normalized spacial score (nSPS) is 27.2. The number of hydrogen-bond donors (Lipinski definition) is 2. The Morgan fingerprint density at radius 2 is 1.70 bits per heavy atom. The van der Waals surface area contributed by atoms with Gasteiger partial charge in [0, 0.05) is 11.5 Å². The van der Waals surface area contributed by atoms with Gasteiger partial charge in [0.1, 0.15) is 24.0 Å². The highest BCUT2D eigenvalue weighted by atomic mass is 19.4. The van der Waals surface area contributed by atoms with E-state index in [9.17, 15) is 23.4 Å². The third kappa shape index (κ3) is 3.96. The average Bonchev–Trinajstić information content (AvgIpc) is 2.73. The van der Waals surface area contributed by atoms with Crippen LogP contribution < -0.4 is 4.74 Å². The minimum absolute atomic E-state index is 0.343. The third-order valence-corrected chi connectivity index (χ3v) is 5.01. The second-order valence-electron chi connectivity index (χ2n) is 7.11. The number of alkyl halides is 3. The highest BCUT2D eigenvalue weighted by Gasteiger charge is 2.46. The highest BCUT2D eigenvalue weighted by Crippen LogP contribution is 2.35. The summed E-state index contributed by atoms with van der Waals surface area (Å²) in [6.45, 7) is 1.58. The van der Waals surface area contributed by atoms with Gasteiger partial charge in [-0.05, 0) is 25.1 Å². The van der Waals surface area contributed by atoms with E-state index in [-0.39, 0.29) is 5.88 Å². The van der Waals surface area contributed by atoms with Crippen molar-refractivity contribution in [2.45, 2.75) is 43.6 Å². The Kier molecular flexibility index (Phi) is 5.35. The number of benzene rings is 1. The van der Waals surface area contributed by atoms with Crippen molar-refractivity contribution in [2.24, 2.45) is 0 Å². The van der Waals surface area contributed by atoms with Crippen LogP contribution in [0.15, 0.2) is 54.6 Å². The van der Waals surface area contributed by atoms with Gasteiger partial charge in [0.25, 0.3) is 0 Å². The van der Waals surface area contributed by atoms with Crippen molar-refractivity contribution in [3.8, 4) is 5.88 Å². The van der Waals surface area contributed by atoms with Gasteiger partial charge in [-0.3, -0.25) is 0 Å². The maximum absolute atomic E-state index is 13.0. The SMILES string of the molecule is C[C@H]1O[C@@H](c2ccc3ccccc3n2)[C@H](Oc2cccc(C(F)(F)F)n2)[C@@H](O)[C@H]1O. The number of para-hydroxylation sites is 1. The zero-order valence-electron chi connectivity index (χ0n) is 15.8. The summed E-state index contributed by atoms with van der Waals surface area (Å²) in [6, 6.07) is 14.1. The predicted molar refractivity (Wildman–Crippen MR) is 101 cm³/mol. The van der Waals surface area contributed by atoms with Crippen molar-refractivity contribution in [3.63, 3.8) is 0 Å². The van der Waals surface area contributed by atoms with Crippen LogP contribution in [0.4, 0.5) is 13.2 Å². The third-order valence-electron chi connectivity index (χ3n) is 5.01. The quantitative estimate of drug-likeness (QED) is 0.677. The van der Waals surface area contributed by atoms with Crippen LogP contribution in [0, 0.1) is 0 Å². The molecule has 3 aromatic rings. The molecule has 2 N–H and O–H groups in total. The van der Waals surface area contributed by atoms with Crippen molar-refractivity contribution >= 4 is 10.9 Å². The summed E-state index contributed by atoms with van der Waals surface area (Å²) in [5.41, 5.74) is -0.0215. The molecule has 2 aromatic heterocycles. The second-order valence-corrected chi connectivity index (χ2v) is 7.11. The van der Waals surface area contributed by atoms with Gasteiger partial charge in [-0.25, -0.2) is 9.97 Å². The lowest BCUT2D eigenvalue weighted by molar-refractivity contribution is -0.214.